The van der Waals surface area contributed by atoms with Gasteiger partial charge in [0.05, 0.1) is 0 Å². The molecule has 0 radical (unpaired) electrons. The highest BCUT2D eigenvalue weighted by Gasteiger charge is 2.22. The first kappa shape index (κ1) is 14.3. The Labute approximate surface area is 123 Å². The maximum Gasteiger partial charge on any atom is 0.124 e. The lowest BCUT2D eigenvalue weighted by atomic mass is 10.0. The molecule has 0 bridgehead atoms. The lowest BCUT2D eigenvalue weighted by molar-refractivity contribution is 0.249. The van der Waals surface area contributed by atoms with Crippen molar-refractivity contribution in [1.82, 2.24) is 4.90 Å². The first-order valence-corrected chi connectivity index (χ1v) is 7.33. The van der Waals surface area contributed by atoms with E-state index in [1.165, 1.54) is 0 Å². The third-order valence-electron chi connectivity index (χ3n) is 3.78. The molecule has 0 unspecified atom stereocenters. The van der Waals surface area contributed by atoms with Gasteiger partial charge >= 0.3 is 0 Å². The standard InChI is InChI=1S/C14H21BrN4/c1-18(2)11-5-7-19(8-6-11)13-4-3-10(15)9-12(13)14(16)17/h3-4,9,11H,5-8H2,1-2H3,(H3,16,17). The third kappa shape index (κ3) is 3.28. The van der Waals surface area contributed by atoms with Crippen LogP contribution in [-0.4, -0.2) is 44.0 Å². The molecule has 0 amide bonds. The summed E-state index contributed by atoms with van der Waals surface area (Å²) in [4.78, 5) is 4.63. The van der Waals surface area contributed by atoms with Crippen molar-refractivity contribution in [3.63, 3.8) is 0 Å². The van der Waals surface area contributed by atoms with Crippen molar-refractivity contribution in [2.24, 2.45) is 5.73 Å². The van der Waals surface area contributed by atoms with Crippen LogP contribution in [-0.2, 0) is 0 Å². The molecule has 1 aliphatic heterocycles. The highest BCUT2D eigenvalue weighted by molar-refractivity contribution is 9.10. The van der Waals surface area contributed by atoms with E-state index < -0.39 is 0 Å². The van der Waals surface area contributed by atoms with Crippen LogP contribution >= 0.6 is 15.9 Å². The van der Waals surface area contributed by atoms with Gasteiger partial charge in [-0.15, -0.1) is 0 Å². The van der Waals surface area contributed by atoms with Crippen molar-refractivity contribution >= 4 is 27.5 Å². The van der Waals surface area contributed by atoms with E-state index in [1.807, 2.05) is 12.1 Å². The number of benzene rings is 1. The summed E-state index contributed by atoms with van der Waals surface area (Å²) < 4.78 is 0.963. The molecule has 1 aliphatic rings. The van der Waals surface area contributed by atoms with Gasteiger partial charge in [0.15, 0.2) is 0 Å². The number of hydrogen-bond donors (Lipinski definition) is 2. The molecule has 0 aliphatic carbocycles. The van der Waals surface area contributed by atoms with Crippen LogP contribution in [0.15, 0.2) is 22.7 Å². The predicted molar refractivity (Wildman–Crippen MR) is 84.1 cm³/mol. The Kier molecular flexibility index (Phi) is 4.47. The fourth-order valence-corrected chi connectivity index (χ4v) is 2.98. The van der Waals surface area contributed by atoms with Crippen molar-refractivity contribution in [3.05, 3.63) is 28.2 Å². The Morgan fingerprint density at radius 1 is 1.37 bits per heavy atom. The van der Waals surface area contributed by atoms with Crippen LogP contribution in [0.3, 0.4) is 0 Å². The zero-order valence-electron chi connectivity index (χ0n) is 11.5. The quantitative estimate of drug-likeness (QED) is 0.662. The van der Waals surface area contributed by atoms with E-state index in [2.05, 4.69) is 45.9 Å². The molecule has 4 nitrogen and oxygen atoms in total. The van der Waals surface area contributed by atoms with Crippen LogP contribution in [0.1, 0.15) is 18.4 Å². The SMILES string of the molecule is CN(C)C1CCN(c2ccc(Br)cc2C(=N)N)CC1. The molecule has 0 aromatic heterocycles. The van der Waals surface area contributed by atoms with Gasteiger partial charge in [0.2, 0.25) is 0 Å². The Morgan fingerprint density at radius 3 is 2.53 bits per heavy atom. The molecule has 5 heteroatoms. The minimum absolute atomic E-state index is 0.131. The maximum atomic E-state index is 7.72. The second-order valence-electron chi connectivity index (χ2n) is 5.26. The van der Waals surface area contributed by atoms with Gasteiger partial charge in [-0.3, -0.25) is 5.41 Å². The normalized spacial score (nSPS) is 16.9. The van der Waals surface area contributed by atoms with Crippen LogP contribution in [0.2, 0.25) is 0 Å². The number of nitrogen functional groups attached to an aromatic ring is 1. The van der Waals surface area contributed by atoms with Gasteiger partial charge in [-0.2, -0.15) is 0 Å². The average molecular weight is 325 g/mol. The second-order valence-corrected chi connectivity index (χ2v) is 6.17. The van der Waals surface area contributed by atoms with Crippen molar-refractivity contribution in [3.8, 4) is 0 Å². The fraction of sp³-hybridized carbons (Fsp3) is 0.500. The van der Waals surface area contributed by atoms with E-state index in [0.717, 1.165) is 41.7 Å². The number of rotatable bonds is 3. The minimum atomic E-state index is 0.131. The van der Waals surface area contributed by atoms with Crippen molar-refractivity contribution < 1.29 is 0 Å². The van der Waals surface area contributed by atoms with Crippen LogP contribution in [0.5, 0.6) is 0 Å². The highest BCUT2D eigenvalue weighted by Crippen LogP contribution is 2.27. The number of nitrogens with one attached hydrogen (secondary N) is 1. The van der Waals surface area contributed by atoms with Crippen LogP contribution < -0.4 is 10.6 Å². The fourth-order valence-electron chi connectivity index (χ4n) is 2.62. The first-order valence-electron chi connectivity index (χ1n) is 6.54. The molecule has 0 atom stereocenters. The van der Waals surface area contributed by atoms with Gasteiger partial charge in [0, 0.05) is 34.9 Å². The molecule has 1 heterocycles. The van der Waals surface area contributed by atoms with Gasteiger partial charge < -0.3 is 15.5 Å². The van der Waals surface area contributed by atoms with Crippen LogP contribution in [0, 0.1) is 5.41 Å². The summed E-state index contributed by atoms with van der Waals surface area (Å²) in [7, 11) is 4.28. The van der Waals surface area contributed by atoms with Crippen molar-refractivity contribution in [2.45, 2.75) is 18.9 Å². The average Bonchev–Trinajstić information content (AvgIpc) is 2.38. The Hall–Kier alpha value is -1.07. The molecule has 3 N–H and O–H groups in total. The number of piperidine rings is 1. The zero-order chi connectivity index (χ0) is 14.0. The molecule has 1 aromatic rings. The minimum Gasteiger partial charge on any atom is -0.384 e. The van der Waals surface area contributed by atoms with Gasteiger partial charge in [0.1, 0.15) is 5.84 Å². The Morgan fingerprint density at radius 2 is 2.00 bits per heavy atom. The second kappa shape index (κ2) is 5.92. The summed E-state index contributed by atoms with van der Waals surface area (Å²) >= 11 is 3.44. The Bertz CT molecular complexity index is 465. The molecule has 0 saturated carbocycles. The topological polar surface area (TPSA) is 56.4 Å². The monoisotopic (exact) mass is 324 g/mol. The third-order valence-corrected chi connectivity index (χ3v) is 4.28. The molecular weight excluding hydrogens is 304 g/mol. The highest BCUT2D eigenvalue weighted by atomic mass is 79.9. The number of nitrogens with two attached hydrogens (primary N) is 1. The summed E-state index contributed by atoms with van der Waals surface area (Å²) in [6.45, 7) is 2.04. The number of nitrogens with zero attached hydrogens (tertiary/aromatic N) is 2. The molecule has 2 rings (SSSR count). The van der Waals surface area contributed by atoms with Gasteiger partial charge in [-0.1, -0.05) is 15.9 Å². The summed E-state index contributed by atoms with van der Waals surface area (Å²) in [6.07, 6.45) is 2.31. The van der Waals surface area contributed by atoms with E-state index >= 15 is 0 Å². The molecule has 1 aromatic carbocycles. The Balaban J connectivity index is 2.17. The first-order chi connectivity index (χ1) is 8.99. The molecular formula is C14H21BrN4. The van der Waals surface area contributed by atoms with Crippen LogP contribution in [0.4, 0.5) is 5.69 Å². The van der Waals surface area contributed by atoms with Gasteiger partial charge in [0.25, 0.3) is 0 Å². The molecule has 1 saturated heterocycles. The summed E-state index contributed by atoms with van der Waals surface area (Å²) in [6, 6.07) is 6.65. The molecule has 1 fully saturated rings. The smallest absolute Gasteiger partial charge is 0.124 e. The number of amidine groups is 1. The van der Waals surface area contributed by atoms with E-state index in [-0.39, 0.29) is 5.84 Å². The lowest BCUT2D eigenvalue weighted by Gasteiger charge is -2.37. The maximum absolute atomic E-state index is 7.72. The number of anilines is 1. The lowest BCUT2D eigenvalue weighted by Crippen LogP contribution is -2.42. The summed E-state index contributed by atoms with van der Waals surface area (Å²) in [5.74, 6) is 0.131. The van der Waals surface area contributed by atoms with E-state index in [1.54, 1.807) is 0 Å². The predicted octanol–water partition coefficient (Wildman–Crippen LogP) is 2.26. The van der Waals surface area contributed by atoms with E-state index in [9.17, 15) is 0 Å². The summed E-state index contributed by atoms with van der Waals surface area (Å²) in [5, 5.41) is 7.72. The van der Waals surface area contributed by atoms with Gasteiger partial charge in [-0.25, -0.2) is 0 Å². The van der Waals surface area contributed by atoms with E-state index in [4.69, 9.17) is 11.1 Å². The van der Waals surface area contributed by atoms with Crippen molar-refractivity contribution in [2.75, 3.05) is 32.1 Å². The van der Waals surface area contributed by atoms with Gasteiger partial charge in [-0.05, 0) is 45.1 Å². The van der Waals surface area contributed by atoms with E-state index in [0.29, 0.717) is 6.04 Å². The van der Waals surface area contributed by atoms with Crippen LogP contribution in [0.25, 0.3) is 0 Å². The zero-order valence-corrected chi connectivity index (χ0v) is 13.1. The largest absolute Gasteiger partial charge is 0.384 e. The molecule has 0 spiro atoms. The number of hydrogen-bond acceptors (Lipinski definition) is 3. The van der Waals surface area contributed by atoms with Crippen molar-refractivity contribution in [1.29, 1.82) is 5.41 Å². The summed E-state index contributed by atoms with van der Waals surface area (Å²) in [5.41, 5.74) is 7.59. The number of halogens is 1. The molecule has 19 heavy (non-hydrogen) atoms. The molecule has 104 valence electrons.